The Kier molecular flexibility index (Phi) is 2.83. The highest BCUT2D eigenvalue weighted by Gasteiger charge is 2.21. The summed E-state index contributed by atoms with van der Waals surface area (Å²) in [6.45, 7) is 5.06. The van der Waals surface area contributed by atoms with Gasteiger partial charge in [0.2, 0.25) is 0 Å². The summed E-state index contributed by atoms with van der Waals surface area (Å²) in [5.74, 6) is 0.799. The Labute approximate surface area is 97.6 Å². The molecule has 2 heterocycles. The highest BCUT2D eigenvalue weighted by molar-refractivity contribution is 5.53. The maximum atomic E-state index is 3.56. The van der Waals surface area contributed by atoms with E-state index >= 15 is 0 Å². The Balaban J connectivity index is 1.63. The van der Waals surface area contributed by atoms with Crippen LogP contribution in [0.4, 0.5) is 5.69 Å². The van der Waals surface area contributed by atoms with Crippen LogP contribution in [0.1, 0.15) is 18.4 Å². The molecule has 0 bridgehead atoms. The number of hydrogen-bond acceptors (Lipinski definition) is 2. The molecule has 2 nitrogen and oxygen atoms in total. The van der Waals surface area contributed by atoms with E-state index in [9.17, 15) is 0 Å². The lowest BCUT2D eigenvalue weighted by Gasteiger charge is -2.29. The maximum Gasteiger partial charge on any atom is 0.0372 e. The standard InChI is InChI=1S/C14H20N2/c1-2-6-14-13(5-1)9-12(10-15-14)11-16-7-3-4-8-16/h1-2,5-6,12,15H,3-4,7-11H2/t12-/m0/s1. The predicted molar refractivity (Wildman–Crippen MR) is 67.8 cm³/mol. The average Bonchev–Trinajstić information content (AvgIpc) is 2.82. The topological polar surface area (TPSA) is 15.3 Å². The van der Waals surface area contributed by atoms with E-state index in [0.717, 1.165) is 12.5 Å². The fraction of sp³-hybridized carbons (Fsp3) is 0.571. The van der Waals surface area contributed by atoms with Crippen LogP contribution < -0.4 is 5.32 Å². The smallest absolute Gasteiger partial charge is 0.0372 e. The van der Waals surface area contributed by atoms with Gasteiger partial charge >= 0.3 is 0 Å². The Hall–Kier alpha value is -1.02. The van der Waals surface area contributed by atoms with Gasteiger partial charge in [-0.2, -0.15) is 0 Å². The van der Waals surface area contributed by atoms with Gasteiger partial charge in [-0.15, -0.1) is 0 Å². The van der Waals surface area contributed by atoms with Crippen molar-refractivity contribution in [2.75, 3.05) is 31.5 Å². The second-order valence-electron chi connectivity index (χ2n) is 5.12. The minimum Gasteiger partial charge on any atom is -0.384 e. The van der Waals surface area contributed by atoms with Gasteiger partial charge in [-0.05, 0) is 49.9 Å². The lowest BCUT2D eigenvalue weighted by Crippen LogP contribution is -2.34. The van der Waals surface area contributed by atoms with Crippen LogP contribution in [0.2, 0.25) is 0 Å². The molecule has 86 valence electrons. The van der Waals surface area contributed by atoms with Gasteiger partial charge in [-0.3, -0.25) is 0 Å². The predicted octanol–water partition coefficient (Wildman–Crippen LogP) is 2.37. The van der Waals surface area contributed by atoms with Gasteiger partial charge in [-0.25, -0.2) is 0 Å². The third-order valence-electron chi connectivity index (χ3n) is 3.82. The van der Waals surface area contributed by atoms with Gasteiger partial charge in [0, 0.05) is 18.8 Å². The first kappa shape index (κ1) is 10.2. The van der Waals surface area contributed by atoms with E-state index in [1.54, 1.807) is 0 Å². The summed E-state index contributed by atoms with van der Waals surface area (Å²) in [7, 11) is 0. The van der Waals surface area contributed by atoms with Crippen LogP contribution in [0, 0.1) is 5.92 Å². The largest absolute Gasteiger partial charge is 0.384 e. The quantitative estimate of drug-likeness (QED) is 0.816. The first-order valence-corrected chi connectivity index (χ1v) is 6.46. The minimum absolute atomic E-state index is 0.799. The molecule has 0 radical (unpaired) electrons. The van der Waals surface area contributed by atoms with Gasteiger partial charge in [0.05, 0.1) is 0 Å². The van der Waals surface area contributed by atoms with Crippen LogP contribution >= 0.6 is 0 Å². The fourth-order valence-electron chi connectivity index (χ4n) is 2.97. The molecule has 0 unspecified atom stereocenters. The lowest BCUT2D eigenvalue weighted by atomic mass is 9.93. The number of hydrogen-bond donors (Lipinski definition) is 1. The monoisotopic (exact) mass is 216 g/mol. The molecular formula is C14H20N2. The summed E-state index contributed by atoms with van der Waals surface area (Å²) in [6.07, 6.45) is 4.05. The number of likely N-dealkylation sites (tertiary alicyclic amines) is 1. The van der Waals surface area contributed by atoms with E-state index in [-0.39, 0.29) is 0 Å². The SMILES string of the molecule is c1ccc2c(c1)C[C@H](CN1CCCC1)CN2. The van der Waals surface area contributed by atoms with Crippen LogP contribution in [0.25, 0.3) is 0 Å². The molecular weight excluding hydrogens is 196 g/mol. The molecule has 1 N–H and O–H groups in total. The van der Waals surface area contributed by atoms with Crippen molar-refractivity contribution in [2.24, 2.45) is 5.92 Å². The maximum absolute atomic E-state index is 3.56. The van der Waals surface area contributed by atoms with Crippen molar-refractivity contribution in [1.82, 2.24) is 4.90 Å². The van der Waals surface area contributed by atoms with Crippen molar-refractivity contribution in [3.8, 4) is 0 Å². The zero-order valence-electron chi connectivity index (χ0n) is 9.78. The molecule has 2 aliphatic heterocycles. The van der Waals surface area contributed by atoms with E-state index < -0.39 is 0 Å². The van der Waals surface area contributed by atoms with Crippen LogP contribution in [-0.4, -0.2) is 31.1 Å². The highest BCUT2D eigenvalue weighted by atomic mass is 15.1. The van der Waals surface area contributed by atoms with E-state index in [0.29, 0.717) is 0 Å². The second kappa shape index (κ2) is 4.46. The van der Waals surface area contributed by atoms with E-state index in [1.165, 1.54) is 50.1 Å². The average molecular weight is 216 g/mol. The van der Waals surface area contributed by atoms with Crippen molar-refractivity contribution in [3.63, 3.8) is 0 Å². The molecule has 0 aliphatic carbocycles. The molecule has 0 aromatic heterocycles. The normalized spacial score (nSPS) is 25.1. The number of anilines is 1. The zero-order chi connectivity index (χ0) is 10.8. The van der Waals surface area contributed by atoms with Crippen LogP contribution in [0.3, 0.4) is 0 Å². The highest BCUT2D eigenvalue weighted by Crippen LogP contribution is 2.25. The van der Waals surface area contributed by atoms with Crippen molar-refractivity contribution >= 4 is 5.69 Å². The molecule has 1 fully saturated rings. The molecule has 2 aliphatic rings. The van der Waals surface area contributed by atoms with Crippen molar-refractivity contribution in [2.45, 2.75) is 19.3 Å². The van der Waals surface area contributed by atoms with E-state index in [2.05, 4.69) is 34.5 Å². The van der Waals surface area contributed by atoms with Crippen molar-refractivity contribution in [3.05, 3.63) is 29.8 Å². The Morgan fingerprint density at radius 1 is 1.19 bits per heavy atom. The van der Waals surface area contributed by atoms with Gasteiger partial charge < -0.3 is 10.2 Å². The van der Waals surface area contributed by atoms with Gasteiger partial charge in [0.1, 0.15) is 0 Å². The number of benzene rings is 1. The van der Waals surface area contributed by atoms with Gasteiger partial charge in [0.15, 0.2) is 0 Å². The molecule has 1 aromatic rings. The minimum atomic E-state index is 0.799. The first-order chi connectivity index (χ1) is 7.92. The molecule has 3 rings (SSSR count). The van der Waals surface area contributed by atoms with Crippen LogP contribution in [0.5, 0.6) is 0 Å². The van der Waals surface area contributed by atoms with E-state index in [1.807, 2.05) is 0 Å². The molecule has 0 saturated carbocycles. The van der Waals surface area contributed by atoms with Crippen molar-refractivity contribution in [1.29, 1.82) is 0 Å². The van der Waals surface area contributed by atoms with Gasteiger partial charge in [-0.1, -0.05) is 18.2 Å². The molecule has 2 heteroatoms. The molecule has 1 aromatic carbocycles. The molecule has 1 atom stereocenters. The first-order valence-electron chi connectivity index (χ1n) is 6.46. The Morgan fingerprint density at radius 2 is 2.00 bits per heavy atom. The number of rotatable bonds is 2. The van der Waals surface area contributed by atoms with Gasteiger partial charge in [0.25, 0.3) is 0 Å². The number of para-hydroxylation sites is 1. The summed E-state index contributed by atoms with van der Waals surface area (Å²) in [4.78, 5) is 2.63. The molecule has 1 saturated heterocycles. The number of fused-ring (bicyclic) bond motifs is 1. The lowest BCUT2D eigenvalue weighted by molar-refractivity contribution is 0.280. The molecule has 16 heavy (non-hydrogen) atoms. The van der Waals surface area contributed by atoms with E-state index in [4.69, 9.17) is 0 Å². The third kappa shape index (κ3) is 2.07. The summed E-state index contributed by atoms with van der Waals surface area (Å²) < 4.78 is 0. The Bertz CT molecular complexity index is 356. The number of nitrogens with zero attached hydrogens (tertiary/aromatic N) is 1. The second-order valence-corrected chi connectivity index (χ2v) is 5.12. The van der Waals surface area contributed by atoms with Crippen LogP contribution in [0.15, 0.2) is 24.3 Å². The zero-order valence-corrected chi connectivity index (χ0v) is 9.78. The van der Waals surface area contributed by atoms with Crippen LogP contribution in [-0.2, 0) is 6.42 Å². The summed E-state index contributed by atoms with van der Waals surface area (Å²) in [5, 5.41) is 3.56. The summed E-state index contributed by atoms with van der Waals surface area (Å²) >= 11 is 0. The number of nitrogens with one attached hydrogen (secondary N) is 1. The third-order valence-corrected chi connectivity index (χ3v) is 3.82. The summed E-state index contributed by atoms with van der Waals surface area (Å²) in [5.41, 5.74) is 2.85. The summed E-state index contributed by atoms with van der Waals surface area (Å²) in [6, 6.07) is 8.73. The Morgan fingerprint density at radius 3 is 2.88 bits per heavy atom. The molecule has 0 spiro atoms. The molecule has 0 amide bonds. The fourth-order valence-corrected chi connectivity index (χ4v) is 2.97. The van der Waals surface area contributed by atoms with Crippen molar-refractivity contribution < 1.29 is 0 Å².